The van der Waals surface area contributed by atoms with Crippen LogP contribution in [0.2, 0.25) is 0 Å². The lowest BCUT2D eigenvalue weighted by molar-refractivity contribution is -0.112. The minimum atomic E-state index is -0.0129. The third-order valence-electron chi connectivity index (χ3n) is 2.75. The van der Waals surface area contributed by atoms with E-state index in [9.17, 15) is 4.79 Å². The first-order valence-corrected chi connectivity index (χ1v) is 6.84. The summed E-state index contributed by atoms with van der Waals surface area (Å²) in [4.78, 5) is 17.1. The van der Waals surface area contributed by atoms with Crippen LogP contribution in [0.25, 0.3) is 10.4 Å². The fourth-order valence-corrected chi connectivity index (χ4v) is 3.07. The highest BCUT2D eigenvalue weighted by molar-refractivity contribution is 8.03. The van der Waals surface area contributed by atoms with Gasteiger partial charge in [-0.1, -0.05) is 16.9 Å². The summed E-state index contributed by atoms with van der Waals surface area (Å²) < 4.78 is 5.23. The average molecular weight is 290 g/mol. The van der Waals surface area contributed by atoms with E-state index >= 15 is 0 Å². The predicted octanol–water partition coefficient (Wildman–Crippen LogP) is 3.35. The molecule has 1 aromatic rings. The van der Waals surface area contributed by atoms with Crippen LogP contribution in [0.3, 0.4) is 0 Å². The molecule has 0 unspecified atom stereocenters. The number of nitrogens with zero attached hydrogens (tertiary/aromatic N) is 4. The van der Waals surface area contributed by atoms with Crippen LogP contribution >= 0.6 is 11.8 Å². The molecule has 2 rings (SSSR count). The number of methoxy groups -OCH3 is 1. The summed E-state index contributed by atoms with van der Waals surface area (Å²) in [7, 11) is 1.61. The average Bonchev–Trinajstić information content (AvgIpc) is 2.75. The van der Waals surface area contributed by atoms with Crippen molar-refractivity contribution in [3.05, 3.63) is 39.7 Å². The number of anilines is 1. The highest BCUT2D eigenvalue weighted by Gasteiger charge is 2.25. The van der Waals surface area contributed by atoms with Gasteiger partial charge in [0.2, 0.25) is 0 Å². The van der Waals surface area contributed by atoms with Gasteiger partial charge in [-0.25, -0.2) is 0 Å². The minimum Gasteiger partial charge on any atom is -0.497 e. The molecule has 0 bridgehead atoms. The number of carbonyl (C=O) groups is 1. The fraction of sp³-hybridized carbons (Fsp3) is 0.308. The van der Waals surface area contributed by atoms with Gasteiger partial charge in [0.15, 0.2) is 5.78 Å². The smallest absolute Gasteiger partial charge is 0.155 e. The second kappa shape index (κ2) is 6.36. The van der Waals surface area contributed by atoms with E-state index in [1.807, 2.05) is 23.1 Å². The van der Waals surface area contributed by atoms with Gasteiger partial charge in [-0.3, -0.25) is 4.79 Å². The predicted molar refractivity (Wildman–Crippen MR) is 79.0 cm³/mol. The van der Waals surface area contributed by atoms with E-state index in [-0.39, 0.29) is 5.78 Å². The lowest BCUT2D eigenvalue weighted by atomic mass is 10.2. The zero-order chi connectivity index (χ0) is 14.5. The van der Waals surface area contributed by atoms with Crippen molar-refractivity contribution in [2.45, 2.75) is 11.8 Å². The van der Waals surface area contributed by atoms with E-state index < -0.39 is 0 Å². The van der Waals surface area contributed by atoms with Gasteiger partial charge in [0.25, 0.3) is 0 Å². The lowest BCUT2D eigenvalue weighted by Gasteiger charge is -2.19. The maximum Gasteiger partial charge on any atom is 0.155 e. The number of ketones is 1. The summed E-state index contributed by atoms with van der Waals surface area (Å²) in [5.41, 5.74) is 9.34. The SMILES string of the molecule is COc1ccc2c(c1)N(CCN=[N+]=[N-])/C(=C/C(C)=O)S2. The van der Waals surface area contributed by atoms with Gasteiger partial charge in [0.1, 0.15) is 5.75 Å². The number of azide groups is 1. The Morgan fingerprint density at radius 1 is 1.60 bits per heavy atom. The van der Waals surface area contributed by atoms with Crippen molar-refractivity contribution in [2.75, 3.05) is 25.1 Å². The number of rotatable bonds is 5. The Hall–Kier alpha value is -2.11. The molecule has 0 fully saturated rings. The number of ether oxygens (including phenoxy) is 1. The van der Waals surface area contributed by atoms with Gasteiger partial charge in [-0.2, -0.15) is 0 Å². The molecule has 0 saturated heterocycles. The molecule has 0 aromatic heterocycles. The van der Waals surface area contributed by atoms with Gasteiger partial charge < -0.3 is 9.64 Å². The van der Waals surface area contributed by atoms with Crippen LogP contribution < -0.4 is 9.64 Å². The monoisotopic (exact) mass is 290 g/mol. The summed E-state index contributed by atoms with van der Waals surface area (Å²) in [6.07, 6.45) is 1.59. The van der Waals surface area contributed by atoms with E-state index in [0.717, 1.165) is 21.4 Å². The Morgan fingerprint density at radius 2 is 2.40 bits per heavy atom. The summed E-state index contributed by atoms with van der Waals surface area (Å²) in [5, 5.41) is 4.39. The van der Waals surface area contributed by atoms with Gasteiger partial charge in [0, 0.05) is 35.0 Å². The number of hydrogen-bond acceptors (Lipinski definition) is 5. The van der Waals surface area contributed by atoms with Gasteiger partial charge >= 0.3 is 0 Å². The third kappa shape index (κ3) is 3.07. The molecule has 0 radical (unpaired) electrons. The molecule has 1 heterocycles. The van der Waals surface area contributed by atoms with Crippen LogP contribution in [-0.2, 0) is 4.79 Å². The molecule has 104 valence electrons. The molecule has 6 nitrogen and oxygen atoms in total. The van der Waals surface area contributed by atoms with Crippen molar-refractivity contribution in [3.63, 3.8) is 0 Å². The second-order valence-electron chi connectivity index (χ2n) is 4.14. The third-order valence-corrected chi connectivity index (χ3v) is 3.86. The van der Waals surface area contributed by atoms with Crippen LogP contribution in [0.5, 0.6) is 5.75 Å². The molecule has 0 spiro atoms. The zero-order valence-electron chi connectivity index (χ0n) is 11.2. The summed E-state index contributed by atoms with van der Waals surface area (Å²) >= 11 is 1.53. The maximum atomic E-state index is 11.3. The fourth-order valence-electron chi connectivity index (χ4n) is 1.91. The van der Waals surface area contributed by atoms with Crippen molar-refractivity contribution >= 4 is 23.2 Å². The van der Waals surface area contributed by atoms with Crippen molar-refractivity contribution in [1.82, 2.24) is 0 Å². The van der Waals surface area contributed by atoms with Crippen molar-refractivity contribution in [1.29, 1.82) is 0 Å². The molecular formula is C13H14N4O2S. The topological polar surface area (TPSA) is 78.3 Å². The van der Waals surface area contributed by atoms with Crippen LogP contribution in [0, 0.1) is 0 Å². The first-order chi connectivity index (χ1) is 9.65. The number of benzene rings is 1. The van der Waals surface area contributed by atoms with E-state index in [4.69, 9.17) is 10.3 Å². The van der Waals surface area contributed by atoms with E-state index in [1.54, 1.807) is 13.2 Å². The zero-order valence-corrected chi connectivity index (χ0v) is 12.1. The second-order valence-corrected chi connectivity index (χ2v) is 5.20. The lowest BCUT2D eigenvalue weighted by Crippen LogP contribution is -2.21. The number of carbonyl (C=O) groups excluding carboxylic acids is 1. The van der Waals surface area contributed by atoms with E-state index in [1.165, 1.54) is 18.7 Å². The molecule has 20 heavy (non-hydrogen) atoms. The number of fused-ring (bicyclic) bond motifs is 1. The molecule has 1 aliphatic rings. The molecule has 0 aliphatic carbocycles. The largest absolute Gasteiger partial charge is 0.497 e. The standard InChI is InChI=1S/C13H14N4O2S/c1-9(18)7-13-17(6-5-15-16-14)11-8-10(19-2)3-4-12(11)20-13/h3-4,7-8H,5-6H2,1-2H3/b13-7-. The maximum absolute atomic E-state index is 11.3. The molecule has 0 atom stereocenters. The Balaban J connectivity index is 2.35. The molecule has 1 aliphatic heterocycles. The minimum absolute atomic E-state index is 0.0129. The van der Waals surface area contributed by atoms with Crippen LogP contribution in [0.4, 0.5) is 5.69 Å². The van der Waals surface area contributed by atoms with Crippen molar-refractivity contribution < 1.29 is 9.53 Å². The van der Waals surface area contributed by atoms with E-state index in [2.05, 4.69) is 10.0 Å². The number of allylic oxidation sites excluding steroid dienone is 1. The summed E-state index contributed by atoms with van der Waals surface area (Å²) in [6.45, 7) is 2.38. The Labute approximate surface area is 121 Å². The van der Waals surface area contributed by atoms with Gasteiger partial charge in [-0.05, 0) is 24.6 Å². The quantitative estimate of drug-likeness (QED) is 0.360. The van der Waals surface area contributed by atoms with Crippen molar-refractivity contribution in [2.24, 2.45) is 5.11 Å². The van der Waals surface area contributed by atoms with Crippen LogP contribution in [-0.4, -0.2) is 26.0 Å². The molecule has 0 amide bonds. The first-order valence-electron chi connectivity index (χ1n) is 6.02. The molecule has 0 saturated carbocycles. The Bertz CT molecular complexity index is 608. The van der Waals surface area contributed by atoms with E-state index in [0.29, 0.717) is 13.1 Å². The highest BCUT2D eigenvalue weighted by atomic mass is 32.2. The Morgan fingerprint density at radius 3 is 3.05 bits per heavy atom. The van der Waals surface area contributed by atoms with Gasteiger partial charge in [-0.15, -0.1) is 0 Å². The molecule has 1 aromatic carbocycles. The molecular weight excluding hydrogens is 276 g/mol. The highest BCUT2D eigenvalue weighted by Crippen LogP contribution is 2.47. The Kier molecular flexibility index (Phi) is 4.55. The molecule has 0 N–H and O–H groups in total. The van der Waals surface area contributed by atoms with Gasteiger partial charge in [0.05, 0.1) is 17.8 Å². The van der Waals surface area contributed by atoms with Crippen LogP contribution in [0.1, 0.15) is 6.92 Å². The molecule has 7 heteroatoms. The summed E-state index contributed by atoms with van der Waals surface area (Å²) in [6, 6.07) is 5.76. The number of hydrogen-bond donors (Lipinski definition) is 0. The normalized spacial score (nSPS) is 14.9. The number of thioether (sulfide) groups is 1. The van der Waals surface area contributed by atoms with Crippen LogP contribution in [0.15, 0.2) is 39.3 Å². The summed E-state index contributed by atoms with van der Waals surface area (Å²) in [5.74, 6) is 0.739. The van der Waals surface area contributed by atoms with Crippen molar-refractivity contribution in [3.8, 4) is 5.75 Å². The first kappa shape index (κ1) is 14.3.